The third-order valence-corrected chi connectivity index (χ3v) is 2.64. The van der Waals surface area contributed by atoms with Crippen molar-refractivity contribution in [3.63, 3.8) is 0 Å². The van der Waals surface area contributed by atoms with Crippen molar-refractivity contribution in [3.8, 4) is 0 Å². The molecule has 0 heterocycles. The second-order valence-corrected chi connectivity index (χ2v) is 3.95. The fraction of sp³-hybridized carbons (Fsp3) is 0. The number of ketones is 1. The summed E-state index contributed by atoms with van der Waals surface area (Å²) in [5, 5.41) is 17.9. The monoisotopic (exact) mass is 262 g/mol. The molecule has 0 amide bonds. The minimum absolute atomic E-state index is 0.0936. The number of benzene rings is 2. The number of hydrogen-bond donors (Lipinski definition) is 2. The maximum atomic E-state index is 13.3. The van der Waals surface area contributed by atoms with Gasteiger partial charge in [0.15, 0.2) is 5.78 Å². The molecule has 0 saturated carbocycles. The largest absolute Gasteiger partial charge is 0.491 e. The minimum Gasteiger partial charge on any atom is -0.423 e. The van der Waals surface area contributed by atoms with Gasteiger partial charge in [-0.05, 0) is 42.5 Å². The number of hydrogen-bond acceptors (Lipinski definition) is 3. The standard InChI is InChI=1S/C13H9BF2O3/c15-10-4-1-8(2-5-10)13(17)9-3-6-12(16)11(7-9)14(18)19/h1-7,18-19H. The molecule has 2 aromatic rings. The highest BCUT2D eigenvalue weighted by atomic mass is 19.1. The molecular weight excluding hydrogens is 253 g/mol. The van der Waals surface area contributed by atoms with Crippen LogP contribution in [-0.2, 0) is 0 Å². The van der Waals surface area contributed by atoms with Gasteiger partial charge in [-0.1, -0.05) is 0 Å². The van der Waals surface area contributed by atoms with Crippen LogP contribution in [-0.4, -0.2) is 22.9 Å². The number of carbonyl (C=O) groups is 1. The molecule has 3 nitrogen and oxygen atoms in total. The van der Waals surface area contributed by atoms with E-state index < -0.39 is 24.5 Å². The van der Waals surface area contributed by atoms with Crippen molar-refractivity contribution in [2.45, 2.75) is 0 Å². The SMILES string of the molecule is O=C(c1ccc(F)cc1)c1ccc(F)c(B(O)O)c1. The van der Waals surface area contributed by atoms with E-state index in [4.69, 9.17) is 10.0 Å². The van der Waals surface area contributed by atoms with Crippen LogP contribution in [0.5, 0.6) is 0 Å². The summed E-state index contributed by atoms with van der Waals surface area (Å²) in [5.41, 5.74) is -0.0598. The Balaban J connectivity index is 2.39. The van der Waals surface area contributed by atoms with Crippen molar-refractivity contribution in [2.24, 2.45) is 0 Å². The van der Waals surface area contributed by atoms with E-state index in [1.54, 1.807) is 0 Å². The van der Waals surface area contributed by atoms with Gasteiger partial charge in [-0.3, -0.25) is 4.79 Å². The Morgan fingerprint density at radius 3 is 2.11 bits per heavy atom. The molecule has 2 rings (SSSR count). The smallest absolute Gasteiger partial charge is 0.423 e. The second kappa shape index (κ2) is 5.30. The molecule has 0 fully saturated rings. The van der Waals surface area contributed by atoms with Crippen LogP contribution in [0, 0.1) is 11.6 Å². The molecule has 2 N–H and O–H groups in total. The van der Waals surface area contributed by atoms with E-state index in [9.17, 15) is 13.6 Å². The topological polar surface area (TPSA) is 57.5 Å². The summed E-state index contributed by atoms with van der Waals surface area (Å²) in [6, 6.07) is 8.15. The molecule has 0 spiro atoms. The van der Waals surface area contributed by atoms with Gasteiger partial charge in [0.2, 0.25) is 0 Å². The number of rotatable bonds is 3. The minimum atomic E-state index is -2.00. The van der Waals surface area contributed by atoms with Crippen molar-refractivity contribution in [3.05, 3.63) is 65.2 Å². The van der Waals surface area contributed by atoms with E-state index in [-0.39, 0.29) is 16.6 Å². The highest BCUT2D eigenvalue weighted by molar-refractivity contribution is 6.58. The van der Waals surface area contributed by atoms with Gasteiger partial charge in [0.05, 0.1) is 0 Å². The van der Waals surface area contributed by atoms with E-state index in [0.717, 1.165) is 24.3 Å². The van der Waals surface area contributed by atoms with Crippen molar-refractivity contribution >= 4 is 18.4 Å². The summed E-state index contributed by atoms with van der Waals surface area (Å²) in [4.78, 5) is 12.0. The Labute approximate surface area is 108 Å². The summed E-state index contributed by atoms with van der Waals surface area (Å²) >= 11 is 0. The van der Waals surface area contributed by atoms with Crippen LogP contribution >= 0.6 is 0 Å². The van der Waals surface area contributed by atoms with Gasteiger partial charge in [0, 0.05) is 16.6 Å². The Morgan fingerprint density at radius 1 is 0.947 bits per heavy atom. The molecule has 96 valence electrons. The first kappa shape index (κ1) is 13.4. The Hall–Kier alpha value is -2.05. The molecule has 0 atom stereocenters. The molecule has 0 radical (unpaired) electrons. The van der Waals surface area contributed by atoms with Crippen LogP contribution < -0.4 is 5.46 Å². The first-order valence-electron chi connectivity index (χ1n) is 5.45. The van der Waals surface area contributed by atoms with Crippen LogP contribution in [0.15, 0.2) is 42.5 Å². The number of carbonyl (C=O) groups excluding carboxylic acids is 1. The van der Waals surface area contributed by atoms with Gasteiger partial charge >= 0.3 is 7.12 Å². The molecule has 6 heteroatoms. The van der Waals surface area contributed by atoms with Crippen LogP contribution in [0.25, 0.3) is 0 Å². The lowest BCUT2D eigenvalue weighted by molar-refractivity contribution is 0.103. The van der Waals surface area contributed by atoms with Gasteiger partial charge in [-0.2, -0.15) is 0 Å². The summed E-state index contributed by atoms with van der Waals surface area (Å²) in [7, 11) is -2.00. The average molecular weight is 262 g/mol. The predicted molar refractivity (Wildman–Crippen MR) is 66.1 cm³/mol. The maximum Gasteiger partial charge on any atom is 0.491 e. The zero-order chi connectivity index (χ0) is 14.0. The molecule has 19 heavy (non-hydrogen) atoms. The summed E-state index contributed by atoms with van der Waals surface area (Å²) in [5.74, 6) is -1.74. The van der Waals surface area contributed by atoms with Crippen LogP contribution in [0.2, 0.25) is 0 Å². The lowest BCUT2D eigenvalue weighted by Gasteiger charge is -2.05. The van der Waals surface area contributed by atoms with E-state index in [2.05, 4.69) is 0 Å². The molecule has 0 saturated heterocycles. The summed E-state index contributed by atoms with van der Waals surface area (Å²) < 4.78 is 26.0. The molecule has 0 aromatic heterocycles. The Kier molecular flexibility index (Phi) is 3.73. The maximum absolute atomic E-state index is 13.3. The zero-order valence-corrected chi connectivity index (χ0v) is 9.68. The third kappa shape index (κ3) is 2.86. The van der Waals surface area contributed by atoms with Crippen molar-refractivity contribution in [1.29, 1.82) is 0 Å². The molecule has 0 aliphatic heterocycles. The highest BCUT2D eigenvalue weighted by Crippen LogP contribution is 2.11. The van der Waals surface area contributed by atoms with Crippen LogP contribution in [0.4, 0.5) is 8.78 Å². The van der Waals surface area contributed by atoms with E-state index in [1.165, 1.54) is 18.2 Å². The zero-order valence-electron chi connectivity index (χ0n) is 9.68. The lowest BCUT2D eigenvalue weighted by atomic mass is 9.78. The van der Waals surface area contributed by atoms with Gasteiger partial charge in [-0.15, -0.1) is 0 Å². The molecule has 0 aliphatic rings. The van der Waals surface area contributed by atoms with Crippen molar-refractivity contribution in [2.75, 3.05) is 0 Å². The third-order valence-electron chi connectivity index (χ3n) is 2.64. The van der Waals surface area contributed by atoms with Crippen LogP contribution in [0.3, 0.4) is 0 Å². The molecule has 0 aliphatic carbocycles. The molecule has 0 bridgehead atoms. The van der Waals surface area contributed by atoms with Crippen molar-refractivity contribution in [1.82, 2.24) is 0 Å². The van der Waals surface area contributed by atoms with Gasteiger partial charge in [0.25, 0.3) is 0 Å². The van der Waals surface area contributed by atoms with E-state index in [1.807, 2.05) is 0 Å². The average Bonchev–Trinajstić information content (AvgIpc) is 2.39. The van der Waals surface area contributed by atoms with Crippen LogP contribution in [0.1, 0.15) is 15.9 Å². The van der Waals surface area contributed by atoms with E-state index >= 15 is 0 Å². The second-order valence-electron chi connectivity index (χ2n) is 3.95. The fourth-order valence-corrected chi connectivity index (χ4v) is 1.65. The normalized spacial score (nSPS) is 10.3. The van der Waals surface area contributed by atoms with E-state index in [0.29, 0.717) is 0 Å². The predicted octanol–water partition coefficient (Wildman–Crippen LogP) is 0.876. The molecular formula is C13H9BF2O3. The highest BCUT2D eigenvalue weighted by Gasteiger charge is 2.19. The first-order valence-corrected chi connectivity index (χ1v) is 5.45. The Bertz CT molecular complexity index is 612. The van der Waals surface area contributed by atoms with Gasteiger partial charge < -0.3 is 10.0 Å². The van der Waals surface area contributed by atoms with Gasteiger partial charge in [0.1, 0.15) is 11.6 Å². The lowest BCUT2D eigenvalue weighted by Crippen LogP contribution is -2.33. The fourth-order valence-electron chi connectivity index (χ4n) is 1.65. The summed E-state index contributed by atoms with van der Waals surface area (Å²) in [6.07, 6.45) is 0. The quantitative estimate of drug-likeness (QED) is 0.637. The number of halogens is 2. The molecule has 0 unspecified atom stereocenters. The summed E-state index contributed by atoms with van der Waals surface area (Å²) in [6.45, 7) is 0. The van der Waals surface area contributed by atoms with Crippen molar-refractivity contribution < 1.29 is 23.6 Å². The molecule has 2 aromatic carbocycles. The van der Waals surface area contributed by atoms with Gasteiger partial charge in [-0.25, -0.2) is 8.78 Å². The Morgan fingerprint density at radius 2 is 1.53 bits per heavy atom. The first-order chi connectivity index (χ1) is 8.99.